The second-order valence-corrected chi connectivity index (χ2v) is 5.14. The van der Waals surface area contributed by atoms with Crippen LogP contribution in [-0.2, 0) is 0 Å². The highest BCUT2D eigenvalue weighted by Gasteiger charge is 2.16. The van der Waals surface area contributed by atoms with Gasteiger partial charge in [0.1, 0.15) is 22.1 Å². The van der Waals surface area contributed by atoms with E-state index in [2.05, 4.69) is 39.5 Å². The third-order valence-corrected chi connectivity index (χ3v) is 3.60. The van der Waals surface area contributed by atoms with Crippen LogP contribution < -0.4 is 10.1 Å². The molecule has 3 rings (SSSR count). The van der Waals surface area contributed by atoms with E-state index in [0.29, 0.717) is 5.32 Å². The summed E-state index contributed by atoms with van der Waals surface area (Å²) >= 11 is 0. The Kier molecular flexibility index (Phi) is 4.12. The first-order chi connectivity index (χ1) is 10.3. The van der Waals surface area contributed by atoms with E-state index < -0.39 is 0 Å². The number of hydrogen-bond acceptors (Lipinski definition) is 2. The molecule has 0 saturated carbocycles. The van der Waals surface area contributed by atoms with Gasteiger partial charge in [-0.15, -0.1) is 0 Å². The Morgan fingerprint density at radius 3 is 1.86 bits per heavy atom. The predicted octanol–water partition coefficient (Wildman–Crippen LogP) is 3.04. The average Bonchev–Trinajstić information content (AvgIpc) is 2.56. The van der Waals surface area contributed by atoms with Gasteiger partial charge in [0.05, 0.1) is 5.32 Å². The monoisotopic (exact) mass is 288 g/mol. The van der Waals surface area contributed by atoms with E-state index in [4.69, 9.17) is 4.74 Å². The van der Waals surface area contributed by atoms with Crippen LogP contribution in [0.1, 0.15) is 17.2 Å². The summed E-state index contributed by atoms with van der Waals surface area (Å²) in [5.41, 5.74) is 2.22. The van der Waals surface area contributed by atoms with Crippen molar-refractivity contribution in [2.24, 2.45) is 0 Å². The van der Waals surface area contributed by atoms with Gasteiger partial charge in [-0.05, 0) is 23.3 Å². The molecule has 0 N–H and O–H groups in total. The van der Waals surface area contributed by atoms with E-state index >= 15 is 0 Å². The molecule has 1 heterocycles. The third kappa shape index (κ3) is 3.20. The molecule has 3 aromatic rings. The van der Waals surface area contributed by atoms with E-state index in [-0.39, 0.29) is 6.10 Å². The number of rotatable bonds is 4. The average molecular weight is 288 g/mol. The molecule has 21 heavy (non-hydrogen) atoms. The van der Waals surface area contributed by atoms with Crippen LogP contribution in [0.15, 0.2) is 79.0 Å². The Hall–Kier alpha value is -2.39. The lowest BCUT2D eigenvalue weighted by Crippen LogP contribution is -2.17. The van der Waals surface area contributed by atoms with Crippen molar-refractivity contribution in [1.82, 2.24) is 4.98 Å². The first kappa shape index (κ1) is 13.6. The van der Waals surface area contributed by atoms with Gasteiger partial charge in [0, 0.05) is 6.20 Å². The largest absolute Gasteiger partial charge is 0.480 e. The van der Waals surface area contributed by atoms with Crippen LogP contribution in [0.5, 0.6) is 5.75 Å². The van der Waals surface area contributed by atoms with Gasteiger partial charge in [-0.1, -0.05) is 60.7 Å². The first-order valence-electron chi connectivity index (χ1n) is 6.78. The van der Waals surface area contributed by atoms with Crippen molar-refractivity contribution in [3.05, 3.63) is 90.1 Å². The van der Waals surface area contributed by atoms with E-state index in [1.165, 1.54) is 0 Å². The molecule has 2 aromatic carbocycles. The van der Waals surface area contributed by atoms with Crippen molar-refractivity contribution in [2.45, 2.75) is 6.10 Å². The minimum absolute atomic E-state index is 0.160. The molecule has 0 aliphatic rings. The molecule has 3 heteroatoms. The fraction of sp³-hybridized carbons (Fsp3) is 0.0556. The summed E-state index contributed by atoms with van der Waals surface area (Å²) in [4.78, 5) is 4.21. The molecule has 0 fully saturated rings. The Bertz CT molecular complexity index is 661. The van der Waals surface area contributed by atoms with E-state index in [1.807, 2.05) is 48.5 Å². The van der Waals surface area contributed by atoms with Crippen molar-refractivity contribution >= 4 is 15.6 Å². The first-order valence-corrected chi connectivity index (χ1v) is 7.28. The number of aromatic nitrogens is 1. The highest BCUT2D eigenvalue weighted by atomic mass is 28.1. The molecule has 0 spiro atoms. The Labute approximate surface area is 127 Å². The Morgan fingerprint density at radius 1 is 0.762 bits per heavy atom. The molecule has 0 bridgehead atoms. The van der Waals surface area contributed by atoms with Crippen LogP contribution in [0.25, 0.3) is 0 Å². The van der Waals surface area contributed by atoms with Crippen molar-refractivity contribution in [1.29, 1.82) is 0 Å². The predicted molar refractivity (Wildman–Crippen MR) is 85.0 cm³/mol. The molecule has 0 atom stereocenters. The minimum Gasteiger partial charge on any atom is -0.480 e. The molecular weight excluding hydrogens is 274 g/mol. The molecule has 0 aliphatic heterocycles. The highest BCUT2D eigenvalue weighted by Crippen LogP contribution is 2.27. The van der Waals surface area contributed by atoms with Crippen LogP contribution in [-0.4, -0.2) is 15.2 Å². The number of ether oxygens (including phenoxy) is 1. The van der Waals surface area contributed by atoms with Crippen molar-refractivity contribution in [3.63, 3.8) is 0 Å². The van der Waals surface area contributed by atoms with Gasteiger partial charge >= 0.3 is 0 Å². The van der Waals surface area contributed by atoms with Crippen LogP contribution in [0.3, 0.4) is 0 Å². The molecule has 0 saturated heterocycles. The maximum absolute atomic E-state index is 6.21. The zero-order chi connectivity index (χ0) is 14.5. The second kappa shape index (κ2) is 6.37. The molecule has 2 nitrogen and oxygen atoms in total. The molecular formula is C18H14NOSi. The number of nitrogens with zero attached hydrogens (tertiary/aromatic N) is 1. The van der Waals surface area contributed by atoms with Gasteiger partial charge in [-0.2, -0.15) is 0 Å². The van der Waals surface area contributed by atoms with E-state index in [0.717, 1.165) is 16.9 Å². The summed E-state index contributed by atoms with van der Waals surface area (Å²) in [6.45, 7) is 0. The maximum Gasteiger partial charge on any atom is 0.149 e. The lowest BCUT2D eigenvalue weighted by molar-refractivity contribution is 0.249. The summed E-state index contributed by atoms with van der Waals surface area (Å²) in [6, 6.07) is 24.2. The van der Waals surface area contributed by atoms with Crippen molar-refractivity contribution in [3.8, 4) is 5.75 Å². The van der Waals surface area contributed by atoms with E-state index in [1.54, 1.807) is 6.20 Å². The molecule has 101 valence electrons. The quantitative estimate of drug-likeness (QED) is 0.688. The molecule has 0 unspecified atom stereocenters. The third-order valence-electron chi connectivity index (χ3n) is 3.22. The van der Waals surface area contributed by atoms with Crippen molar-refractivity contribution < 1.29 is 4.74 Å². The van der Waals surface area contributed by atoms with Crippen LogP contribution >= 0.6 is 0 Å². The van der Waals surface area contributed by atoms with Gasteiger partial charge in [0.15, 0.2) is 0 Å². The minimum atomic E-state index is -0.160. The smallest absolute Gasteiger partial charge is 0.149 e. The topological polar surface area (TPSA) is 22.1 Å². The van der Waals surface area contributed by atoms with Gasteiger partial charge in [0.2, 0.25) is 0 Å². The summed E-state index contributed by atoms with van der Waals surface area (Å²) < 4.78 is 6.21. The van der Waals surface area contributed by atoms with E-state index in [9.17, 15) is 0 Å². The summed E-state index contributed by atoms with van der Waals surface area (Å²) in [7, 11) is 3.49. The number of benzene rings is 2. The SMILES string of the molecule is [Si]c1ncccc1OC(c1ccccc1)c1ccccc1. The van der Waals surface area contributed by atoms with Crippen molar-refractivity contribution in [2.75, 3.05) is 0 Å². The number of hydrogen-bond donors (Lipinski definition) is 0. The maximum atomic E-state index is 6.21. The van der Waals surface area contributed by atoms with Gasteiger partial charge in [0.25, 0.3) is 0 Å². The molecule has 1 aromatic heterocycles. The standard InChI is InChI=1S/C18H14NOSi/c21-18-16(12-7-13-19-18)20-17(14-8-3-1-4-9-14)15-10-5-2-6-11-15/h1-13,17H. The Balaban J connectivity index is 1.99. The second-order valence-electron chi connectivity index (χ2n) is 4.67. The summed E-state index contributed by atoms with van der Waals surface area (Å²) in [5, 5.41) is 0.703. The van der Waals surface area contributed by atoms with Gasteiger partial charge in [-0.3, -0.25) is 4.98 Å². The zero-order valence-corrected chi connectivity index (χ0v) is 12.4. The summed E-state index contributed by atoms with van der Waals surface area (Å²) in [6.07, 6.45) is 1.57. The fourth-order valence-corrected chi connectivity index (χ4v) is 2.41. The lowest BCUT2D eigenvalue weighted by atomic mass is 10.0. The van der Waals surface area contributed by atoms with Gasteiger partial charge in [-0.25, -0.2) is 0 Å². The highest BCUT2D eigenvalue weighted by molar-refractivity contribution is 6.32. The number of pyridine rings is 1. The molecule has 0 aliphatic carbocycles. The van der Waals surface area contributed by atoms with Crippen LogP contribution in [0, 0.1) is 0 Å². The molecule has 0 amide bonds. The van der Waals surface area contributed by atoms with Gasteiger partial charge < -0.3 is 4.74 Å². The fourth-order valence-electron chi connectivity index (χ4n) is 2.20. The Morgan fingerprint density at radius 2 is 1.33 bits per heavy atom. The lowest BCUT2D eigenvalue weighted by Gasteiger charge is -2.21. The summed E-state index contributed by atoms with van der Waals surface area (Å²) in [5.74, 6) is 0.729. The van der Waals surface area contributed by atoms with Crippen LogP contribution in [0.2, 0.25) is 0 Å². The normalized spacial score (nSPS) is 10.6. The zero-order valence-electron chi connectivity index (χ0n) is 11.4. The molecule has 3 radical (unpaired) electrons. The van der Waals surface area contributed by atoms with Crippen LogP contribution in [0.4, 0.5) is 0 Å².